The van der Waals surface area contributed by atoms with E-state index < -0.39 is 12.1 Å². The Morgan fingerprint density at radius 2 is 1.96 bits per heavy atom. The summed E-state index contributed by atoms with van der Waals surface area (Å²) in [5, 5.41) is 6.64. The maximum atomic E-state index is 12.6. The number of hydrogen-bond acceptors (Lipinski definition) is 4. The number of aromatic nitrogens is 1. The van der Waals surface area contributed by atoms with Gasteiger partial charge in [-0.3, -0.25) is 4.79 Å². The summed E-state index contributed by atoms with van der Waals surface area (Å²) in [7, 11) is 0. The molecule has 5 N–H and O–H groups in total. The second-order valence-electron chi connectivity index (χ2n) is 6.85. The van der Waals surface area contributed by atoms with E-state index in [9.17, 15) is 9.59 Å². The zero-order chi connectivity index (χ0) is 19.6. The van der Waals surface area contributed by atoms with Crippen LogP contribution in [0.4, 0.5) is 4.79 Å². The number of alkyl carbamates (subject to hydrolysis) is 1. The molecule has 7 heteroatoms. The molecule has 0 aliphatic rings. The quantitative estimate of drug-likeness (QED) is 0.479. The molecule has 2 rings (SSSR count). The number of aromatic amines is 1. The standard InChI is InChI=1S/C20H30N4O3/c1-14(2)27-20(26)24-18(19(25)22-11-7-3-6-10-21)12-15-13-23-17-9-5-4-8-16(15)17/h4-5,8-9,13-14,18,23H,3,6-7,10-12,21H2,1-2H3,(H,22,25)(H,24,26)/t18-/m0/s1. The summed E-state index contributed by atoms with van der Waals surface area (Å²) in [6.45, 7) is 4.75. The first-order valence-corrected chi connectivity index (χ1v) is 9.51. The van der Waals surface area contributed by atoms with Crippen LogP contribution in [0.15, 0.2) is 30.5 Å². The largest absolute Gasteiger partial charge is 0.447 e. The van der Waals surface area contributed by atoms with Crippen molar-refractivity contribution in [1.29, 1.82) is 0 Å². The summed E-state index contributed by atoms with van der Waals surface area (Å²) >= 11 is 0. The number of H-pyrrole nitrogens is 1. The number of para-hydroxylation sites is 1. The molecule has 0 bridgehead atoms. The Morgan fingerprint density at radius 3 is 2.70 bits per heavy atom. The van der Waals surface area contributed by atoms with Crippen molar-refractivity contribution in [2.24, 2.45) is 5.73 Å². The average Bonchev–Trinajstić information content (AvgIpc) is 3.03. The van der Waals surface area contributed by atoms with Crippen LogP contribution < -0.4 is 16.4 Å². The van der Waals surface area contributed by atoms with Gasteiger partial charge >= 0.3 is 6.09 Å². The fourth-order valence-corrected chi connectivity index (χ4v) is 2.90. The Hall–Kier alpha value is -2.54. The molecule has 0 radical (unpaired) electrons. The lowest BCUT2D eigenvalue weighted by atomic mass is 10.0. The molecule has 27 heavy (non-hydrogen) atoms. The predicted octanol–water partition coefficient (Wildman–Crippen LogP) is 2.46. The molecule has 1 heterocycles. The smallest absolute Gasteiger partial charge is 0.408 e. The monoisotopic (exact) mass is 374 g/mol. The number of amides is 2. The van der Waals surface area contributed by atoms with Crippen molar-refractivity contribution < 1.29 is 14.3 Å². The maximum absolute atomic E-state index is 12.6. The molecule has 2 amide bonds. The van der Waals surface area contributed by atoms with Crippen molar-refractivity contribution in [3.63, 3.8) is 0 Å². The SMILES string of the molecule is CC(C)OC(=O)N[C@@H](Cc1c[nH]c2ccccc12)C(=O)NCCCCCN. The fraction of sp³-hybridized carbons (Fsp3) is 0.500. The van der Waals surface area contributed by atoms with E-state index in [0.29, 0.717) is 19.5 Å². The predicted molar refractivity (Wildman–Crippen MR) is 106 cm³/mol. The number of carbonyl (C=O) groups is 2. The van der Waals surface area contributed by atoms with Crippen molar-refractivity contribution in [2.45, 2.75) is 51.7 Å². The molecule has 1 aromatic heterocycles. The molecule has 0 aliphatic carbocycles. The van der Waals surface area contributed by atoms with Gasteiger partial charge < -0.3 is 26.1 Å². The number of benzene rings is 1. The van der Waals surface area contributed by atoms with Gasteiger partial charge in [0.25, 0.3) is 0 Å². The first-order valence-electron chi connectivity index (χ1n) is 9.51. The molecular formula is C20H30N4O3. The number of unbranched alkanes of at least 4 members (excludes halogenated alkanes) is 2. The second kappa shape index (κ2) is 10.6. The summed E-state index contributed by atoms with van der Waals surface area (Å²) in [5.74, 6) is -0.214. The zero-order valence-corrected chi connectivity index (χ0v) is 16.1. The highest BCUT2D eigenvalue weighted by molar-refractivity contribution is 5.88. The van der Waals surface area contributed by atoms with E-state index in [1.165, 1.54) is 0 Å². The van der Waals surface area contributed by atoms with Crippen molar-refractivity contribution in [2.75, 3.05) is 13.1 Å². The van der Waals surface area contributed by atoms with Crippen molar-refractivity contribution in [1.82, 2.24) is 15.6 Å². The number of ether oxygens (including phenoxy) is 1. The van der Waals surface area contributed by atoms with E-state index in [0.717, 1.165) is 35.7 Å². The van der Waals surface area contributed by atoms with E-state index in [-0.39, 0.29) is 12.0 Å². The summed E-state index contributed by atoms with van der Waals surface area (Å²) < 4.78 is 5.14. The highest BCUT2D eigenvalue weighted by Crippen LogP contribution is 2.19. The normalized spacial score (nSPS) is 12.1. The molecule has 2 aromatic rings. The Labute approximate surface area is 160 Å². The molecule has 148 valence electrons. The van der Waals surface area contributed by atoms with E-state index in [1.807, 2.05) is 30.5 Å². The minimum atomic E-state index is -0.704. The highest BCUT2D eigenvalue weighted by atomic mass is 16.6. The average molecular weight is 374 g/mol. The van der Waals surface area contributed by atoms with Crippen LogP contribution in [-0.2, 0) is 16.0 Å². The van der Waals surface area contributed by atoms with Crippen LogP contribution in [0.2, 0.25) is 0 Å². The first-order chi connectivity index (χ1) is 13.0. The number of nitrogens with one attached hydrogen (secondary N) is 3. The van der Waals surface area contributed by atoms with Crippen LogP contribution in [0.1, 0.15) is 38.7 Å². The lowest BCUT2D eigenvalue weighted by Crippen LogP contribution is -2.48. The van der Waals surface area contributed by atoms with Crippen molar-refractivity contribution in [3.05, 3.63) is 36.0 Å². The second-order valence-corrected chi connectivity index (χ2v) is 6.85. The third kappa shape index (κ3) is 6.60. The van der Waals surface area contributed by atoms with Gasteiger partial charge in [-0.05, 0) is 44.9 Å². The minimum Gasteiger partial charge on any atom is -0.447 e. The Balaban J connectivity index is 2.04. The maximum Gasteiger partial charge on any atom is 0.408 e. The third-order valence-corrected chi connectivity index (χ3v) is 4.23. The summed E-state index contributed by atoms with van der Waals surface area (Å²) in [6.07, 6.45) is 4.18. The van der Waals surface area contributed by atoms with Gasteiger partial charge in [0.15, 0.2) is 0 Å². The number of hydrogen-bond donors (Lipinski definition) is 4. The van der Waals surface area contributed by atoms with Gasteiger partial charge in [0, 0.05) is 30.1 Å². The van der Waals surface area contributed by atoms with Gasteiger partial charge in [0.2, 0.25) is 5.91 Å². The van der Waals surface area contributed by atoms with Crippen LogP contribution in [0.25, 0.3) is 10.9 Å². The van der Waals surface area contributed by atoms with Gasteiger partial charge in [-0.25, -0.2) is 4.79 Å². The highest BCUT2D eigenvalue weighted by Gasteiger charge is 2.23. The molecule has 0 spiro atoms. The molecule has 0 fully saturated rings. The van der Waals surface area contributed by atoms with Crippen LogP contribution in [0.5, 0.6) is 0 Å². The van der Waals surface area contributed by atoms with Gasteiger partial charge in [0.05, 0.1) is 6.10 Å². The lowest BCUT2D eigenvalue weighted by molar-refractivity contribution is -0.123. The third-order valence-electron chi connectivity index (χ3n) is 4.23. The summed E-state index contributed by atoms with van der Waals surface area (Å²) in [6, 6.07) is 7.17. The van der Waals surface area contributed by atoms with Crippen LogP contribution in [-0.4, -0.2) is 42.2 Å². The molecule has 0 unspecified atom stereocenters. The van der Waals surface area contributed by atoms with Gasteiger partial charge in [-0.1, -0.05) is 24.6 Å². The minimum absolute atomic E-state index is 0.214. The Bertz CT molecular complexity index is 742. The Morgan fingerprint density at radius 1 is 1.19 bits per heavy atom. The van der Waals surface area contributed by atoms with E-state index in [4.69, 9.17) is 10.5 Å². The molecule has 1 atom stereocenters. The van der Waals surface area contributed by atoms with Crippen molar-refractivity contribution >= 4 is 22.9 Å². The van der Waals surface area contributed by atoms with Gasteiger partial charge in [-0.2, -0.15) is 0 Å². The Kier molecular flexibility index (Phi) is 8.13. The lowest BCUT2D eigenvalue weighted by Gasteiger charge is -2.19. The molecule has 0 aliphatic heterocycles. The number of rotatable bonds is 10. The zero-order valence-electron chi connectivity index (χ0n) is 16.1. The van der Waals surface area contributed by atoms with E-state index in [2.05, 4.69) is 15.6 Å². The molecule has 0 saturated heterocycles. The number of fused-ring (bicyclic) bond motifs is 1. The van der Waals surface area contributed by atoms with E-state index >= 15 is 0 Å². The van der Waals surface area contributed by atoms with Gasteiger partial charge in [0.1, 0.15) is 6.04 Å². The number of nitrogens with two attached hydrogens (primary N) is 1. The molecule has 7 nitrogen and oxygen atoms in total. The summed E-state index contributed by atoms with van der Waals surface area (Å²) in [5.41, 5.74) is 7.45. The van der Waals surface area contributed by atoms with Crippen LogP contribution in [0.3, 0.4) is 0 Å². The van der Waals surface area contributed by atoms with Crippen molar-refractivity contribution in [3.8, 4) is 0 Å². The number of carbonyl (C=O) groups excluding carboxylic acids is 2. The van der Waals surface area contributed by atoms with Gasteiger partial charge in [-0.15, -0.1) is 0 Å². The molecule has 0 saturated carbocycles. The van der Waals surface area contributed by atoms with E-state index in [1.54, 1.807) is 13.8 Å². The van der Waals surface area contributed by atoms with Crippen LogP contribution in [0, 0.1) is 0 Å². The molecular weight excluding hydrogens is 344 g/mol. The van der Waals surface area contributed by atoms with Crippen LogP contribution >= 0.6 is 0 Å². The topological polar surface area (TPSA) is 109 Å². The fourth-order valence-electron chi connectivity index (χ4n) is 2.90. The molecule has 1 aromatic carbocycles. The first kappa shape index (κ1) is 20.8. The summed E-state index contributed by atoms with van der Waals surface area (Å²) in [4.78, 5) is 27.9.